The Labute approximate surface area is 129 Å². The van der Waals surface area contributed by atoms with Crippen molar-refractivity contribution in [2.24, 2.45) is 0 Å². The van der Waals surface area contributed by atoms with E-state index in [0.29, 0.717) is 5.56 Å². The van der Waals surface area contributed by atoms with E-state index in [0.717, 1.165) is 38.3 Å². The Morgan fingerprint density at radius 2 is 1.82 bits per heavy atom. The smallest absolute Gasteiger partial charge is 0.251 e. The van der Waals surface area contributed by atoms with E-state index < -0.39 is 0 Å². The molecule has 1 aliphatic heterocycles. The van der Waals surface area contributed by atoms with Crippen LogP contribution in [0.1, 0.15) is 29.0 Å². The maximum Gasteiger partial charge on any atom is 0.251 e. The summed E-state index contributed by atoms with van der Waals surface area (Å²) in [5, 5.41) is 3.09. The number of carbonyl (C=O) groups is 1. The molecule has 114 valence electrons. The average molecular weight is 297 g/mol. The van der Waals surface area contributed by atoms with Gasteiger partial charge in [-0.05, 0) is 31.0 Å². The summed E-state index contributed by atoms with van der Waals surface area (Å²) < 4.78 is 0. The van der Waals surface area contributed by atoms with Crippen LogP contribution in [-0.4, -0.2) is 44.9 Å². The minimum atomic E-state index is -0.0211. The highest BCUT2D eigenvalue weighted by Crippen LogP contribution is 2.13. The lowest BCUT2D eigenvalue weighted by molar-refractivity contribution is 0.0908. The summed E-state index contributed by atoms with van der Waals surface area (Å²) in [5.41, 5.74) is 0.662. The van der Waals surface area contributed by atoms with Crippen LogP contribution in [0.3, 0.4) is 0 Å². The van der Waals surface area contributed by atoms with Crippen molar-refractivity contribution in [2.75, 3.05) is 13.1 Å². The first-order valence-corrected chi connectivity index (χ1v) is 7.50. The van der Waals surface area contributed by atoms with Gasteiger partial charge in [0.2, 0.25) is 0 Å². The van der Waals surface area contributed by atoms with Crippen LogP contribution in [-0.2, 0) is 6.54 Å². The molecule has 22 heavy (non-hydrogen) atoms. The summed E-state index contributed by atoms with van der Waals surface area (Å²) in [6.07, 6.45) is 8.70. The third-order valence-electron chi connectivity index (χ3n) is 3.85. The Morgan fingerprint density at radius 1 is 1.14 bits per heavy atom. The fraction of sp³-hybridized carbons (Fsp3) is 0.375. The molecule has 1 aliphatic rings. The van der Waals surface area contributed by atoms with Gasteiger partial charge in [0.05, 0.1) is 6.54 Å². The van der Waals surface area contributed by atoms with E-state index in [4.69, 9.17) is 0 Å². The van der Waals surface area contributed by atoms with Crippen LogP contribution >= 0.6 is 0 Å². The van der Waals surface area contributed by atoms with E-state index in [2.05, 4.69) is 25.2 Å². The van der Waals surface area contributed by atoms with Gasteiger partial charge >= 0.3 is 0 Å². The van der Waals surface area contributed by atoms with Gasteiger partial charge in [0.1, 0.15) is 5.82 Å². The molecule has 0 atom stereocenters. The summed E-state index contributed by atoms with van der Waals surface area (Å²) in [6, 6.07) is 5.52. The number of hydrogen-bond acceptors (Lipinski definition) is 5. The van der Waals surface area contributed by atoms with E-state index in [1.165, 1.54) is 0 Å². The van der Waals surface area contributed by atoms with Crippen molar-refractivity contribution in [1.82, 2.24) is 25.2 Å². The Bertz CT molecular complexity index is 596. The molecule has 1 fully saturated rings. The van der Waals surface area contributed by atoms with Gasteiger partial charge in [0.15, 0.2) is 0 Å². The van der Waals surface area contributed by atoms with Crippen LogP contribution in [0.15, 0.2) is 43.0 Å². The lowest BCUT2D eigenvalue weighted by atomic mass is 10.0. The van der Waals surface area contributed by atoms with E-state index >= 15 is 0 Å². The zero-order valence-electron chi connectivity index (χ0n) is 12.4. The number of likely N-dealkylation sites (tertiary alicyclic amines) is 1. The second-order valence-electron chi connectivity index (χ2n) is 5.42. The van der Waals surface area contributed by atoms with E-state index in [1.54, 1.807) is 36.9 Å². The molecular weight excluding hydrogens is 278 g/mol. The van der Waals surface area contributed by atoms with Crippen LogP contribution < -0.4 is 5.32 Å². The number of rotatable bonds is 4. The van der Waals surface area contributed by atoms with E-state index in [9.17, 15) is 4.79 Å². The molecule has 3 heterocycles. The topological polar surface area (TPSA) is 71.0 Å². The van der Waals surface area contributed by atoms with Gasteiger partial charge in [-0.3, -0.25) is 14.7 Å². The molecule has 2 aromatic heterocycles. The number of nitrogens with zero attached hydrogens (tertiary/aromatic N) is 4. The predicted molar refractivity (Wildman–Crippen MR) is 82.0 cm³/mol. The van der Waals surface area contributed by atoms with Gasteiger partial charge in [-0.1, -0.05) is 0 Å². The number of aromatic nitrogens is 3. The Balaban J connectivity index is 1.47. The molecule has 6 heteroatoms. The lowest BCUT2D eigenvalue weighted by Crippen LogP contribution is -2.44. The maximum absolute atomic E-state index is 12.1. The van der Waals surface area contributed by atoms with Gasteiger partial charge in [0.25, 0.3) is 5.91 Å². The molecule has 0 aliphatic carbocycles. The normalized spacial score (nSPS) is 16.4. The second kappa shape index (κ2) is 7.09. The first-order chi connectivity index (χ1) is 10.8. The van der Waals surface area contributed by atoms with Crippen molar-refractivity contribution in [3.63, 3.8) is 0 Å². The SMILES string of the molecule is O=C(NC1CCN(Cc2ncccn2)CC1)c1ccncc1. The molecule has 0 spiro atoms. The zero-order valence-corrected chi connectivity index (χ0v) is 12.4. The van der Waals surface area contributed by atoms with Crippen LogP contribution in [0.5, 0.6) is 0 Å². The van der Waals surface area contributed by atoms with Crippen molar-refractivity contribution < 1.29 is 4.79 Å². The second-order valence-corrected chi connectivity index (χ2v) is 5.42. The molecule has 6 nitrogen and oxygen atoms in total. The van der Waals surface area contributed by atoms with Crippen LogP contribution in [0, 0.1) is 0 Å². The van der Waals surface area contributed by atoms with Crippen molar-refractivity contribution in [1.29, 1.82) is 0 Å². The molecule has 2 aromatic rings. The zero-order chi connectivity index (χ0) is 15.2. The third-order valence-corrected chi connectivity index (χ3v) is 3.85. The molecule has 0 aromatic carbocycles. The number of piperidine rings is 1. The number of nitrogens with one attached hydrogen (secondary N) is 1. The van der Waals surface area contributed by atoms with Crippen LogP contribution in [0.4, 0.5) is 0 Å². The van der Waals surface area contributed by atoms with Gasteiger partial charge in [-0.15, -0.1) is 0 Å². The minimum absolute atomic E-state index is 0.0211. The fourth-order valence-electron chi connectivity index (χ4n) is 2.62. The molecule has 1 amide bonds. The molecule has 0 saturated carbocycles. The highest BCUT2D eigenvalue weighted by Gasteiger charge is 2.21. The summed E-state index contributed by atoms with van der Waals surface area (Å²) in [6.45, 7) is 2.66. The van der Waals surface area contributed by atoms with Crippen LogP contribution in [0.2, 0.25) is 0 Å². The molecular formula is C16H19N5O. The monoisotopic (exact) mass is 297 g/mol. The third kappa shape index (κ3) is 3.85. The quantitative estimate of drug-likeness (QED) is 0.920. The summed E-state index contributed by atoms with van der Waals surface area (Å²) in [7, 11) is 0. The summed E-state index contributed by atoms with van der Waals surface area (Å²) in [5.74, 6) is 0.828. The largest absolute Gasteiger partial charge is 0.349 e. The Kier molecular flexibility index (Phi) is 4.70. The fourth-order valence-corrected chi connectivity index (χ4v) is 2.62. The van der Waals surface area contributed by atoms with Gasteiger partial charge in [-0.25, -0.2) is 9.97 Å². The summed E-state index contributed by atoms with van der Waals surface area (Å²) >= 11 is 0. The van der Waals surface area contributed by atoms with Crippen LogP contribution in [0.25, 0.3) is 0 Å². The molecule has 0 unspecified atom stereocenters. The number of carbonyl (C=O) groups excluding carboxylic acids is 1. The lowest BCUT2D eigenvalue weighted by Gasteiger charge is -2.31. The Hall–Kier alpha value is -2.34. The molecule has 1 N–H and O–H groups in total. The molecule has 0 bridgehead atoms. The molecule has 1 saturated heterocycles. The number of amides is 1. The first kappa shape index (κ1) is 14.6. The summed E-state index contributed by atoms with van der Waals surface area (Å²) in [4.78, 5) is 26.9. The highest BCUT2D eigenvalue weighted by atomic mass is 16.1. The van der Waals surface area contributed by atoms with Gasteiger partial charge < -0.3 is 5.32 Å². The number of hydrogen-bond donors (Lipinski definition) is 1. The van der Waals surface area contributed by atoms with Crippen molar-refractivity contribution in [2.45, 2.75) is 25.4 Å². The van der Waals surface area contributed by atoms with E-state index in [-0.39, 0.29) is 11.9 Å². The number of pyridine rings is 1. The molecule has 0 radical (unpaired) electrons. The molecule has 3 rings (SSSR count). The van der Waals surface area contributed by atoms with Crippen molar-refractivity contribution >= 4 is 5.91 Å². The minimum Gasteiger partial charge on any atom is -0.349 e. The standard InChI is InChI=1S/C16H19N5O/c22-16(13-2-8-17-9-3-13)20-14-4-10-21(11-5-14)12-15-18-6-1-7-19-15/h1-3,6-9,14H,4-5,10-12H2,(H,20,22). The highest BCUT2D eigenvalue weighted by molar-refractivity contribution is 5.94. The first-order valence-electron chi connectivity index (χ1n) is 7.50. The average Bonchev–Trinajstić information content (AvgIpc) is 2.58. The van der Waals surface area contributed by atoms with Gasteiger partial charge in [0, 0.05) is 49.5 Å². The van der Waals surface area contributed by atoms with Crippen molar-refractivity contribution in [3.8, 4) is 0 Å². The van der Waals surface area contributed by atoms with Gasteiger partial charge in [-0.2, -0.15) is 0 Å². The van der Waals surface area contributed by atoms with E-state index in [1.807, 2.05) is 6.07 Å². The predicted octanol–water partition coefficient (Wildman–Crippen LogP) is 1.27. The Morgan fingerprint density at radius 3 is 2.50 bits per heavy atom. The van der Waals surface area contributed by atoms with Crippen molar-refractivity contribution in [3.05, 3.63) is 54.4 Å². The maximum atomic E-state index is 12.1.